The van der Waals surface area contributed by atoms with Crippen molar-refractivity contribution in [1.29, 1.82) is 0 Å². The number of nitrogens with one attached hydrogen (secondary N) is 2. The fourth-order valence-corrected chi connectivity index (χ4v) is 5.60. The van der Waals surface area contributed by atoms with Gasteiger partial charge in [-0.05, 0) is 55.0 Å². The van der Waals surface area contributed by atoms with Crippen LogP contribution in [0.1, 0.15) is 42.4 Å². The quantitative estimate of drug-likeness (QED) is 0.324. The van der Waals surface area contributed by atoms with Gasteiger partial charge >= 0.3 is 12.1 Å². The number of carbonyl (C=O) groups is 2. The van der Waals surface area contributed by atoms with Gasteiger partial charge in [0, 0.05) is 40.3 Å². The van der Waals surface area contributed by atoms with Crippen LogP contribution in [0.25, 0.3) is 16.5 Å². The molecule has 39 heavy (non-hydrogen) atoms. The molecular formula is C26H25F4N3O5S. The molecule has 208 valence electrons. The van der Waals surface area contributed by atoms with Gasteiger partial charge < -0.3 is 14.6 Å². The van der Waals surface area contributed by atoms with Crippen molar-refractivity contribution in [3.05, 3.63) is 71.3 Å². The fraction of sp³-hybridized carbons (Fsp3) is 0.308. The summed E-state index contributed by atoms with van der Waals surface area (Å²) in [5, 5.41) is 0.438. The largest absolute Gasteiger partial charge is 0.462 e. The number of benzene rings is 2. The fourth-order valence-electron chi connectivity index (χ4n) is 4.61. The molecule has 0 spiro atoms. The number of rotatable bonds is 6. The summed E-state index contributed by atoms with van der Waals surface area (Å²) >= 11 is 0. The van der Waals surface area contributed by atoms with Gasteiger partial charge in [-0.2, -0.15) is 13.2 Å². The molecule has 4 rings (SSSR count). The van der Waals surface area contributed by atoms with Crippen LogP contribution >= 0.6 is 0 Å². The predicted molar refractivity (Wildman–Crippen MR) is 137 cm³/mol. The molecular weight excluding hydrogens is 542 g/mol. The number of H-pyrrole nitrogens is 1. The molecule has 8 nitrogen and oxygen atoms in total. The average Bonchev–Trinajstić information content (AvgIpc) is 3.13. The third kappa shape index (κ3) is 6.08. The normalized spacial score (nSPS) is 15.4. The highest BCUT2D eigenvalue weighted by atomic mass is 32.2. The van der Waals surface area contributed by atoms with E-state index >= 15 is 0 Å². The van der Waals surface area contributed by atoms with Crippen LogP contribution in [0.5, 0.6) is 0 Å². The lowest BCUT2D eigenvalue weighted by molar-refractivity contribution is -0.136. The maximum Gasteiger partial charge on any atom is 0.404 e. The zero-order chi connectivity index (χ0) is 28.8. The minimum absolute atomic E-state index is 0.0169. The van der Waals surface area contributed by atoms with Gasteiger partial charge in [-0.3, -0.25) is 9.52 Å². The van der Waals surface area contributed by atoms with E-state index in [0.717, 1.165) is 12.1 Å². The maximum atomic E-state index is 13.4. The van der Waals surface area contributed by atoms with Crippen molar-refractivity contribution < 1.29 is 40.3 Å². The number of ether oxygens (including phenoxy) is 1. The van der Waals surface area contributed by atoms with Gasteiger partial charge in [0.15, 0.2) is 5.75 Å². The Morgan fingerprint density at radius 2 is 1.79 bits per heavy atom. The summed E-state index contributed by atoms with van der Waals surface area (Å²) in [4.78, 5) is 30.8. The number of alkyl halides is 3. The summed E-state index contributed by atoms with van der Waals surface area (Å²) in [6, 6.07) is 9.09. The standard InChI is InChI=1S/C26H25F4N3O5S/c1-4-38-24(35)19-12-33(23(34)15-5-7-16(27)8-6-15)13-25(2,3)21-18-11-17(9-10-20(18)31-22(19)21)32-39(36,37)14-26(28,29)30/h5-12,31-32H,4,13-14H2,1-3H3. The second-order valence-electron chi connectivity index (χ2n) is 9.70. The first-order chi connectivity index (χ1) is 18.1. The molecule has 1 amide bonds. The zero-order valence-electron chi connectivity index (χ0n) is 21.1. The number of aromatic amines is 1. The van der Waals surface area contributed by atoms with Gasteiger partial charge in [0.05, 0.1) is 17.9 Å². The van der Waals surface area contributed by atoms with Gasteiger partial charge in [-0.15, -0.1) is 0 Å². The molecule has 1 aliphatic rings. The molecule has 1 aromatic heterocycles. The van der Waals surface area contributed by atoms with Gasteiger partial charge in [-0.25, -0.2) is 17.6 Å². The molecule has 0 bridgehead atoms. The lowest BCUT2D eigenvalue weighted by atomic mass is 9.81. The lowest BCUT2D eigenvalue weighted by Gasteiger charge is -2.29. The number of anilines is 1. The minimum atomic E-state index is -4.93. The highest BCUT2D eigenvalue weighted by molar-refractivity contribution is 7.92. The first kappa shape index (κ1) is 28.1. The molecule has 0 aliphatic carbocycles. The molecule has 2 N–H and O–H groups in total. The van der Waals surface area contributed by atoms with Crippen molar-refractivity contribution in [2.75, 3.05) is 23.6 Å². The molecule has 0 saturated carbocycles. The number of halogens is 4. The Hall–Kier alpha value is -3.87. The number of nitrogens with zero attached hydrogens (tertiary/aromatic N) is 1. The number of sulfonamides is 1. The Morgan fingerprint density at radius 3 is 2.41 bits per heavy atom. The summed E-state index contributed by atoms with van der Waals surface area (Å²) in [7, 11) is -4.74. The molecule has 13 heteroatoms. The van der Waals surface area contributed by atoms with Gasteiger partial charge in [0.2, 0.25) is 10.0 Å². The molecule has 0 atom stereocenters. The van der Waals surface area contributed by atoms with Gasteiger partial charge in [0.1, 0.15) is 5.82 Å². The van der Waals surface area contributed by atoms with Gasteiger partial charge in [-0.1, -0.05) is 13.8 Å². The number of aromatic nitrogens is 1. The van der Waals surface area contributed by atoms with Crippen LogP contribution in [0.15, 0.2) is 48.7 Å². The van der Waals surface area contributed by atoms with E-state index in [-0.39, 0.29) is 30.0 Å². The number of hydrogen-bond acceptors (Lipinski definition) is 5. The SMILES string of the molecule is CCOC(=O)C1=CN(C(=O)c2ccc(F)cc2)CC(C)(C)c2c1[nH]c1ccc(NS(=O)(=O)CC(F)(F)F)cc21. The Balaban J connectivity index is 1.84. The van der Waals surface area contributed by atoms with E-state index in [9.17, 15) is 35.6 Å². The van der Waals surface area contributed by atoms with Crippen LogP contribution in [-0.2, 0) is 25.0 Å². The molecule has 2 heterocycles. The molecule has 3 aromatic rings. The van der Waals surface area contributed by atoms with E-state index in [1.54, 1.807) is 20.8 Å². The predicted octanol–water partition coefficient (Wildman–Crippen LogP) is 4.95. The highest BCUT2D eigenvalue weighted by Gasteiger charge is 2.38. The summed E-state index contributed by atoms with van der Waals surface area (Å²) in [6.45, 7) is 5.31. The first-order valence-electron chi connectivity index (χ1n) is 11.8. The zero-order valence-corrected chi connectivity index (χ0v) is 22.0. The van der Waals surface area contributed by atoms with E-state index in [1.807, 2.05) is 4.72 Å². The maximum absolute atomic E-state index is 13.4. The second kappa shape index (κ2) is 10.0. The number of esters is 1. The summed E-state index contributed by atoms with van der Waals surface area (Å²) in [6.07, 6.45) is -3.58. The smallest absolute Gasteiger partial charge is 0.404 e. The Labute approximate surface area is 221 Å². The summed E-state index contributed by atoms with van der Waals surface area (Å²) in [5.41, 5.74) is 0.570. The number of amides is 1. The van der Waals surface area contributed by atoms with Crippen molar-refractivity contribution in [1.82, 2.24) is 9.88 Å². The van der Waals surface area contributed by atoms with Crippen molar-refractivity contribution in [3.63, 3.8) is 0 Å². The van der Waals surface area contributed by atoms with E-state index in [4.69, 9.17) is 4.74 Å². The van der Waals surface area contributed by atoms with Crippen molar-refractivity contribution in [2.45, 2.75) is 32.4 Å². The van der Waals surface area contributed by atoms with E-state index in [2.05, 4.69) is 4.98 Å². The third-order valence-electron chi connectivity index (χ3n) is 6.07. The monoisotopic (exact) mass is 567 g/mol. The average molecular weight is 568 g/mol. The first-order valence-corrected chi connectivity index (χ1v) is 13.4. The van der Waals surface area contributed by atoms with Crippen LogP contribution in [0.3, 0.4) is 0 Å². The Kier molecular flexibility index (Phi) is 7.23. The van der Waals surface area contributed by atoms with E-state index in [0.29, 0.717) is 22.2 Å². The van der Waals surface area contributed by atoms with Crippen molar-refractivity contribution in [3.8, 4) is 0 Å². The number of fused-ring (bicyclic) bond motifs is 3. The summed E-state index contributed by atoms with van der Waals surface area (Å²) in [5.74, 6) is -3.80. The molecule has 0 unspecified atom stereocenters. The minimum Gasteiger partial charge on any atom is -0.462 e. The van der Waals surface area contributed by atoms with Crippen molar-refractivity contribution in [2.24, 2.45) is 0 Å². The molecule has 0 radical (unpaired) electrons. The van der Waals surface area contributed by atoms with Crippen LogP contribution < -0.4 is 4.72 Å². The highest BCUT2D eigenvalue weighted by Crippen LogP contribution is 2.41. The van der Waals surface area contributed by atoms with E-state index < -0.39 is 45.1 Å². The van der Waals surface area contributed by atoms with Crippen LogP contribution in [0.2, 0.25) is 0 Å². The molecule has 0 fully saturated rings. The van der Waals surface area contributed by atoms with Crippen LogP contribution in [-0.4, -0.2) is 55.3 Å². The third-order valence-corrected chi connectivity index (χ3v) is 7.32. The molecule has 0 saturated heterocycles. The lowest BCUT2D eigenvalue weighted by Crippen LogP contribution is -2.37. The van der Waals surface area contributed by atoms with Crippen molar-refractivity contribution >= 4 is 44.1 Å². The second-order valence-corrected chi connectivity index (χ2v) is 11.4. The molecule has 1 aliphatic heterocycles. The van der Waals surface area contributed by atoms with Crippen LogP contribution in [0.4, 0.5) is 23.2 Å². The summed E-state index contributed by atoms with van der Waals surface area (Å²) < 4.78 is 82.9. The van der Waals surface area contributed by atoms with E-state index in [1.165, 1.54) is 41.4 Å². The molecule has 2 aromatic carbocycles. The van der Waals surface area contributed by atoms with Gasteiger partial charge in [0.25, 0.3) is 5.91 Å². The van der Waals surface area contributed by atoms with Crippen LogP contribution in [0, 0.1) is 5.82 Å². The topological polar surface area (TPSA) is 109 Å². The number of carbonyl (C=O) groups excluding carboxylic acids is 2. The Morgan fingerprint density at radius 1 is 1.13 bits per heavy atom. The number of hydrogen-bond donors (Lipinski definition) is 2. The Bertz CT molecular complexity index is 1580.